The van der Waals surface area contributed by atoms with Crippen molar-refractivity contribution in [1.82, 2.24) is 10.3 Å². The average molecular weight is 384 g/mol. The zero-order valence-electron chi connectivity index (χ0n) is 16.6. The predicted molar refractivity (Wildman–Crippen MR) is 109 cm³/mol. The van der Waals surface area contributed by atoms with Crippen LogP contribution in [0.25, 0.3) is 10.9 Å². The van der Waals surface area contributed by atoms with E-state index < -0.39 is 12.0 Å². The van der Waals surface area contributed by atoms with Crippen molar-refractivity contribution < 1.29 is 19.4 Å². The number of ether oxygens (including phenoxy) is 2. The molecule has 0 radical (unpaired) electrons. The van der Waals surface area contributed by atoms with E-state index in [0.29, 0.717) is 19.4 Å². The summed E-state index contributed by atoms with van der Waals surface area (Å²) in [5, 5.41) is 14.2. The topological polar surface area (TPSA) is 83.6 Å². The van der Waals surface area contributed by atoms with E-state index in [0.717, 1.165) is 22.2 Å². The van der Waals surface area contributed by atoms with Crippen molar-refractivity contribution in [2.45, 2.75) is 38.0 Å². The second kappa shape index (κ2) is 9.19. The molecule has 0 saturated heterocycles. The summed E-state index contributed by atoms with van der Waals surface area (Å²) in [6, 6.07) is 7.26. The van der Waals surface area contributed by atoms with Crippen LogP contribution >= 0.6 is 0 Å². The Balaban J connectivity index is 2.10. The minimum absolute atomic E-state index is 0.0471. The monoisotopic (exact) mass is 384 g/mol. The minimum atomic E-state index is -0.834. The Morgan fingerprint density at radius 3 is 2.86 bits per heavy atom. The number of rotatable bonds is 7. The van der Waals surface area contributed by atoms with E-state index in [9.17, 15) is 9.90 Å². The molecule has 150 valence electrons. The number of carbonyl (C=O) groups is 1. The van der Waals surface area contributed by atoms with E-state index in [1.165, 1.54) is 5.56 Å². The van der Waals surface area contributed by atoms with Crippen LogP contribution in [0.3, 0.4) is 0 Å². The minimum Gasteiger partial charge on any atom is -0.480 e. The number of carboxylic acid groups (broad SMARTS) is 1. The molecule has 0 aliphatic carbocycles. The van der Waals surface area contributed by atoms with E-state index >= 15 is 0 Å². The number of nitrogens with one attached hydrogen (secondary N) is 2. The Labute approximate surface area is 165 Å². The number of hydrogen-bond donors (Lipinski definition) is 3. The molecule has 1 aliphatic heterocycles. The van der Waals surface area contributed by atoms with Gasteiger partial charge in [-0.2, -0.15) is 0 Å². The van der Waals surface area contributed by atoms with Crippen LogP contribution in [0.15, 0.2) is 48.1 Å². The van der Waals surface area contributed by atoms with Crippen LogP contribution in [0.5, 0.6) is 0 Å². The van der Waals surface area contributed by atoms with Crippen LogP contribution < -0.4 is 5.32 Å². The van der Waals surface area contributed by atoms with Crippen LogP contribution in [0.4, 0.5) is 0 Å². The summed E-state index contributed by atoms with van der Waals surface area (Å²) in [5.74, 6) is -0.834. The lowest BCUT2D eigenvalue weighted by Crippen LogP contribution is -2.38. The number of H-pyrrole nitrogens is 1. The molecular formula is C22H28N2O4. The molecule has 0 saturated carbocycles. The highest BCUT2D eigenvalue weighted by Gasteiger charge is 2.31. The molecule has 3 N–H and O–H groups in total. The highest BCUT2D eigenvalue weighted by molar-refractivity contribution is 5.85. The highest BCUT2D eigenvalue weighted by Crippen LogP contribution is 2.35. The molecule has 3 unspecified atom stereocenters. The number of para-hydroxylation sites is 1. The third kappa shape index (κ3) is 4.35. The Bertz CT molecular complexity index is 884. The number of aromatic amines is 1. The molecular weight excluding hydrogens is 356 g/mol. The average Bonchev–Trinajstić information content (AvgIpc) is 2.96. The number of aromatic nitrogens is 1. The van der Waals surface area contributed by atoms with Gasteiger partial charge in [0.05, 0.1) is 18.8 Å². The maximum absolute atomic E-state index is 11.8. The molecule has 28 heavy (non-hydrogen) atoms. The molecule has 6 heteroatoms. The van der Waals surface area contributed by atoms with Crippen molar-refractivity contribution in [1.29, 1.82) is 0 Å². The third-order valence-electron chi connectivity index (χ3n) is 5.23. The van der Waals surface area contributed by atoms with Gasteiger partial charge in [-0.1, -0.05) is 36.4 Å². The maximum atomic E-state index is 11.8. The first-order chi connectivity index (χ1) is 13.5. The standard InChI is InChI=1S/C22H28N2O4/c1-14(28-3)8-9-15(12-13-27-2)20-21-17(10-11-19(24-20)22(25)26)16-6-4-5-7-18(16)23-21/h4-9,12,14,19-20,23-24H,10-11,13H2,1-3H3,(H,25,26)/b9-8-,15-12+. The number of carboxylic acids is 1. The summed E-state index contributed by atoms with van der Waals surface area (Å²) >= 11 is 0. The smallest absolute Gasteiger partial charge is 0.320 e. The number of methoxy groups -OCH3 is 2. The lowest BCUT2D eigenvalue weighted by molar-refractivity contribution is -0.139. The molecule has 0 fully saturated rings. The van der Waals surface area contributed by atoms with Gasteiger partial charge in [0.25, 0.3) is 0 Å². The van der Waals surface area contributed by atoms with E-state index in [1.54, 1.807) is 14.2 Å². The summed E-state index contributed by atoms with van der Waals surface area (Å²) in [6.45, 7) is 2.39. The molecule has 3 rings (SSSR count). The first-order valence-corrected chi connectivity index (χ1v) is 9.53. The first-order valence-electron chi connectivity index (χ1n) is 9.53. The van der Waals surface area contributed by atoms with E-state index in [2.05, 4.69) is 22.4 Å². The first kappa shape index (κ1) is 20.3. The van der Waals surface area contributed by atoms with E-state index in [1.807, 2.05) is 37.3 Å². The number of fused-ring (bicyclic) bond motifs is 3. The van der Waals surface area contributed by atoms with Gasteiger partial charge in [-0.15, -0.1) is 0 Å². The van der Waals surface area contributed by atoms with Gasteiger partial charge in [-0.05, 0) is 37.0 Å². The molecule has 0 bridgehead atoms. The second-order valence-corrected chi connectivity index (χ2v) is 7.05. The van der Waals surface area contributed by atoms with E-state index in [-0.39, 0.29) is 12.1 Å². The van der Waals surface area contributed by atoms with Crippen molar-refractivity contribution in [3.8, 4) is 0 Å². The van der Waals surface area contributed by atoms with Crippen molar-refractivity contribution in [2.75, 3.05) is 20.8 Å². The number of hydrogen-bond acceptors (Lipinski definition) is 4. The van der Waals surface area contributed by atoms with Crippen molar-refractivity contribution in [3.63, 3.8) is 0 Å². The molecule has 0 amide bonds. The fourth-order valence-corrected chi connectivity index (χ4v) is 3.64. The van der Waals surface area contributed by atoms with Crippen LogP contribution in [0.2, 0.25) is 0 Å². The van der Waals surface area contributed by atoms with Gasteiger partial charge >= 0.3 is 5.97 Å². The molecule has 2 aromatic rings. The van der Waals surface area contributed by atoms with Gasteiger partial charge in [-0.3, -0.25) is 10.1 Å². The second-order valence-electron chi connectivity index (χ2n) is 7.05. The Hall–Kier alpha value is -2.41. The quantitative estimate of drug-likeness (QED) is 0.638. The summed E-state index contributed by atoms with van der Waals surface area (Å²) in [7, 11) is 3.30. The van der Waals surface area contributed by atoms with Crippen LogP contribution in [0, 0.1) is 0 Å². The zero-order valence-corrected chi connectivity index (χ0v) is 16.6. The van der Waals surface area contributed by atoms with Gasteiger partial charge in [0.15, 0.2) is 0 Å². The molecule has 1 aromatic carbocycles. The molecule has 2 heterocycles. The lowest BCUT2D eigenvalue weighted by atomic mass is 9.98. The van der Waals surface area contributed by atoms with Gasteiger partial charge in [0, 0.05) is 30.8 Å². The van der Waals surface area contributed by atoms with Crippen LogP contribution in [-0.4, -0.2) is 49.0 Å². The zero-order chi connectivity index (χ0) is 20.1. The van der Waals surface area contributed by atoms with Crippen molar-refractivity contribution in [3.05, 3.63) is 59.3 Å². The van der Waals surface area contributed by atoms with Crippen LogP contribution in [0.1, 0.15) is 30.6 Å². The number of benzene rings is 1. The molecule has 3 atom stereocenters. The highest BCUT2D eigenvalue weighted by atomic mass is 16.5. The fraction of sp³-hybridized carbons (Fsp3) is 0.409. The SMILES string of the molecule is COC/C=C(\C=C/C(C)OC)C1NC(C(=O)O)CCc2c1[nH]c1ccccc21. The Kier molecular flexibility index (Phi) is 6.67. The fourth-order valence-electron chi connectivity index (χ4n) is 3.64. The lowest BCUT2D eigenvalue weighted by Gasteiger charge is -2.22. The van der Waals surface area contributed by atoms with Crippen molar-refractivity contribution >= 4 is 16.9 Å². The summed E-state index contributed by atoms with van der Waals surface area (Å²) < 4.78 is 10.6. The number of aliphatic carboxylic acids is 1. The molecule has 0 spiro atoms. The molecule has 1 aromatic heterocycles. The van der Waals surface area contributed by atoms with Gasteiger partial charge in [-0.25, -0.2) is 0 Å². The normalized spacial score (nSPS) is 21.6. The third-order valence-corrected chi connectivity index (χ3v) is 5.23. The Morgan fingerprint density at radius 1 is 1.36 bits per heavy atom. The maximum Gasteiger partial charge on any atom is 0.320 e. The largest absolute Gasteiger partial charge is 0.480 e. The van der Waals surface area contributed by atoms with Crippen molar-refractivity contribution in [2.24, 2.45) is 0 Å². The summed E-state index contributed by atoms with van der Waals surface area (Å²) in [5.41, 5.74) is 4.20. The van der Waals surface area contributed by atoms with Gasteiger partial charge in [0.1, 0.15) is 6.04 Å². The van der Waals surface area contributed by atoms with Gasteiger partial charge in [0.2, 0.25) is 0 Å². The Morgan fingerprint density at radius 2 is 2.14 bits per heavy atom. The number of aryl methyl sites for hydroxylation is 1. The summed E-state index contributed by atoms with van der Waals surface area (Å²) in [6.07, 6.45) is 7.13. The molecule has 1 aliphatic rings. The van der Waals surface area contributed by atoms with Gasteiger partial charge < -0.3 is 19.6 Å². The van der Waals surface area contributed by atoms with Crippen LogP contribution in [-0.2, 0) is 20.7 Å². The summed E-state index contributed by atoms with van der Waals surface area (Å²) in [4.78, 5) is 15.3. The van der Waals surface area contributed by atoms with E-state index in [4.69, 9.17) is 9.47 Å². The predicted octanol–water partition coefficient (Wildman–Crippen LogP) is 3.36. The molecule has 6 nitrogen and oxygen atoms in total.